The topological polar surface area (TPSA) is 29.5 Å². The van der Waals surface area contributed by atoms with Crippen LogP contribution in [0.1, 0.15) is 18.1 Å². The van der Waals surface area contributed by atoms with Crippen LogP contribution in [0.5, 0.6) is 5.75 Å². The van der Waals surface area contributed by atoms with E-state index < -0.39 is 6.10 Å². The van der Waals surface area contributed by atoms with E-state index in [1.54, 1.807) is 14.0 Å². The van der Waals surface area contributed by atoms with Gasteiger partial charge in [-0.2, -0.15) is 0 Å². The molecule has 1 N–H and O–H groups in total. The molecule has 0 aliphatic heterocycles. The van der Waals surface area contributed by atoms with Crippen LogP contribution in [-0.4, -0.2) is 18.3 Å². The van der Waals surface area contributed by atoms with Crippen molar-refractivity contribution >= 4 is 11.6 Å². The molecule has 0 aliphatic rings. The van der Waals surface area contributed by atoms with Gasteiger partial charge in [0.05, 0.1) is 13.2 Å². The van der Waals surface area contributed by atoms with Crippen molar-refractivity contribution in [1.29, 1.82) is 0 Å². The fourth-order valence-corrected chi connectivity index (χ4v) is 1.96. The first kappa shape index (κ1) is 13.4. The molecule has 0 bridgehead atoms. The van der Waals surface area contributed by atoms with Crippen LogP contribution < -0.4 is 4.74 Å². The van der Waals surface area contributed by atoms with E-state index in [4.69, 9.17) is 4.74 Å². The molecule has 0 fully saturated rings. The molecule has 0 amide bonds. The van der Waals surface area contributed by atoms with E-state index in [0.29, 0.717) is 0 Å². The highest BCUT2D eigenvalue weighted by Gasteiger charge is 2.07. The molecule has 0 spiro atoms. The standard InChI is InChI=1S/C17H18O2/c1-13(18)17(15-6-4-3-5-7-15)12-14-8-10-16(19-2)11-9-14/h3-13,18H,1-2H3/b17-12-/t13-/m0/s1. The molecule has 1 atom stereocenters. The average molecular weight is 254 g/mol. The van der Waals surface area contributed by atoms with Gasteiger partial charge in [-0.1, -0.05) is 42.5 Å². The maximum atomic E-state index is 9.93. The zero-order valence-corrected chi connectivity index (χ0v) is 11.2. The Kier molecular flexibility index (Phi) is 4.37. The molecule has 2 rings (SSSR count). The first-order valence-corrected chi connectivity index (χ1v) is 6.30. The van der Waals surface area contributed by atoms with Gasteiger partial charge in [-0.05, 0) is 41.8 Å². The summed E-state index contributed by atoms with van der Waals surface area (Å²) in [4.78, 5) is 0. The summed E-state index contributed by atoms with van der Waals surface area (Å²) in [6.07, 6.45) is 1.49. The third-order valence-corrected chi connectivity index (χ3v) is 3.00. The van der Waals surface area contributed by atoms with Gasteiger partial charge in [0.1, 0.15) is 5.75 Å². The summed E-state index contributed by atoms with van der Waals surface area (Å²) >= 11 is 0. The van der Waals surface area contributed by atoms with Crippen LogP contribution in [0.2, 0.25) is 0 Å². The Morgan fingerprint density at radius 1 is 1.05 bits per heavy atom. The van der Waals surface area contributed by atoms with Crippen molar-refractivity contribution < 1.29 is 9.84 Å². The normalized spacial score (nSPS) is 13.1. The highest BCUT2D eigenvalue weighted by Crippen LogP contribution is 2.22. The van der Waals surface area contributed by atoms with E-state index in [1.807, 2.05) is 60.7 Å². The van der Waals surface area contributed by atoms with Crippen LogP contribution >= 0.6 is 0 Å². The van der Waals surface area contributed by atoms with E-state index >= 15 is 0 Å². The molecule has 98 valence electrons. The minimum Gasteiger partial charge on any atom is -0.497 e. The number of methoxy groups -OCH3 is 1. The van der Waals surface area contributed by atoms with E-state index in [1.165, 1.54) is 0 Å². The van der Waals surface area contributed by atoms with Crippen LogP contribution in [0, 0.1) is 0 Å². The SMILES string of the molecule is COc1ccc(/C=C(\c2ccccc2)[C@H](C)O)cc1. The van der Waals surface area contributed by atoms with Gasteiger partial charge in [0, 0.05) is 0 Å². The predicted octanol–water partition coefficient (Wildman–Crippen LogP) is 3.62. The zero-order valence-electron chi connectivity index (χ0n) is 11.2. The number of benzene rings is 2. The van der Waals surface area contributed by atoms with Gasteiger partial charge in [0.25, 0.3) is 0 Å². The highest BCUT2D eigenvalue weighted by atomic mass is 16.5. The van der Waals surface area contributed by atoms with E-state index in [0.717, 1.165) is 22.4 Å². The molecule has 0 aromatic heterocycles. The maximum absolute atomic E-state index is 9.93. The van der Waals surface area contributed by atoms with Crippen molar-refractivity contribution in [2.75, 3.05) is 7.11 Å². The second-order valence-electron chi connectivity index (χ2n) is 4.41. The Hall–Kier alpha value is -2.06. The minimum absolute atomic E-state index is 0.510. The van der Waals surface area contributed by atoms with Gasteiger partial charge in [-0.15, -0.1) is 0 Å². The largest absolute Gasteiger partial charge is 0.497 e. The Bertz CT molecular complexity index is 539. The molecule has 2 nitrogen and oxygen atoms in total. The third-order valence-electron chi connectivity index (χ3n) is 3.00. The zero-order chi connectivity index (χ0) is 13.7. The Morgan fingerprint density at radius 2 is 1.68 bits per heavy atom. The second-order valence-corrected chi connectivity index (χ2v) is 4.41. The average Bonchev–Trinajstić information content (AvgIpc) is 2.46. The monoisotopic (exact) mass is 254 g/mol. The summed E-state index contributed by atoms with van der Waals surface area (Å²) in [5.74, 6) is 0.829. The van der Waals surface area contributed by atoms with Gasteiger partial charge in [-0.25, -0.2) is 0 Å². The fraction of sp³-hybridized carbons (Fsp3) is 0.176. The highest BCUT2D eigenvalue weighted by molar-refractivity contribution is 5.83. The molecular formula is C17H18O2. The van der Waals surface area contributed by atoms with E-state index in [9.17, 15) is 5.11 Å². The lowest BCUT2D eigenvalue weighted by Gasteiger charge is -2.11. The lowest BCUT2D eigenvalue weighted by Crippen LogP contribution is -2.03. The summed E-state index contributed by atoms with van der Waals surface area (Å²) < 4.78 is 5.14. The Labute approximate surface area is 114 Å². The molecular weight excluding hydrogens is 236 g/mol. The summed E-state index contributed by atoms with van der Waals surface area (Å²) in [6.45, 7) is 1.78. The summed E-state index contributed by atoms with van der Waals surface area (Å²) in [7, 11) is 1.65. The van der Waals surface area contributed by atoms with Crippen molar-refractivity contribution in [2.45, 2.75) is 13.0 Å². The smallest absolute Gasteiger partial charge is 0.118 e. The predicted molar refractivity (Wildman–Crippen MR) is 79.0 cm³/mol. The Morgan fingerprint density at radius 3 is 2.21 bits per heavy atom. The second kappa shape index (κ2) is 6.21. The van der Waals surface area contributed by atoms with Gasteiger partial charge in [0.15, 0.2) is 0 Å². The van der Waals surface area contributed by atoms with Crippen molar-refractivity contribution in [2.24, 2.45) is 0 Å². The molecule has 2 heteroatoms. The number of aliphatic hydroxyl groups is 1. The lowest BCUT2D eigenvalue weighted by molar-refractivity contribution is 0.254. The molecule has 0 unspecified atom stereocenters. The molecule has 0 aliphatic carbocycles. The molecule has 0 heterocycles. The van der Waals surface area contributed by atoms with Crippen molar-refractivity contribution in [3.8, 4) is 5.75 Å². The molecule has 0 saturated heterocycles. The van der Waals surface area contributed by atoms with Crippen molar-refractivity contribution in [1.82, 2.24) is 0 Å². The number of aliphatic hydroxyl groups excluding tert-OH is 1. The maximum Gasteiger partial charge on any atom is 0.118 e. The summed E-state index contributed by atoms with van der Waals surface area (Å²) in [5, 5.41) is 9.93. The Balaban J connectivity index is 2.35. The summed E-state index contributed by atoms with van der Waals surface area (Å²) in [6, 6.07) is 17.7. The number of hydrogen-bond donors (Lipinski definition) is 1. The van der Waals surface area contributed by atoms with Gasteiger partial charge in [0.2, 0.25) is 0 Å². The van der Waals surface area contributed by atoms with Crippen molar-refractivity contribution in [3.63, 3.8) is 0 Å². The third kappa shape index (κ3) is 3.46. The van der Waals surface area contributed by atoms with Crippen LogP contribution in [0.3, 0.4) is 0 Å². The molecule has 0 saturated carbocycles. The van der Waals surface area contributed by atoms with Gasteiger partial charge in [-0.3, -0.25) is 0 Å². The number of ether oxygens (including phenoxy) is 1. The van der Waals surface area contributed by atoms with Crippen molar-refractivity contribution in [3.05, 3.63) is 65.7 Å². The minimum atomic E-state index is -0.510. The van der Waals surface area contributed by atoms with E-state index in [2.05, 4.69) is 0 Å². The van der Waals surface area contributed by atoms with Crippen LogP contribution in [0.4, 0.5) is 0 Å². The van der Waals surface area contributed by atoms with E-state index in [-0.39, 0.29) is 0 Å². The quantitative estimate of drug-likeness (QED) is 0.844. The van der Waals surface area contributed by atoms with Gasteiger partial charge >= 0.3 is 0 Å². The number of rotatable bonds is 4. The lowest BCUT2D eigenvalue weighted by atomic mass is 9.99. The fourth-order valence-electron chi connectivity index (χ4n) is 1.96. The molecule has 2 aromatic rings. The summed E-state index contributed by atoms with van der Waals surface area (Å²) in [5.41, 5.74) is 2.99. The van der Waals surface area contributed by atoms with Crippen LogP contribution in [-0.2, 0) is 0 Å². The molecule has 19 heavy (non-hydrogen) atoms. The number of hydrogen-bond acceptors (Lipinski definition) is 2. The first-order valence-electron chi connectivity index (χ1n) is 6.30. The van der Waals surface area contributed by atoms with Gasteiger partial charge < -0.3 is 9.84 Å². The molecule has 0 radical (unpaired) electrons. The van der Waals surface area contributed by atoms with Crippen LogP contribution in [0.25, 0.3) is 11.6 Å². The van der Waals surface area contributed by atoms with Crippen LogP contribution in [0.15, 0.2) is 54.6 Å². The molecule has 2 aromatic carbocycles. The first-order chi connectivity index (χ1) is 9.20.